The Morgan fingerprint density at radius 3 is 2.80 bits per heavy atom. The van der Waals surface area contributed by atoms with E-state index in [1.54, 1.807) is 12.4 Å². The molecular formula is C6H8BrN3. The Labute approximate surface area is 67.7 Å². The summed E-state index contributed by atoms with van der Waals surface area (Å²) in [6, 6.07) is 0. The maximum absolute atomic E-state index is 5.21. The first-order valence-electron chi connectivity index (χ1n) is 2.82. The summed E-state index contributed by atoms with van der Waals surface area (Å²) in [5.41, 5.74) is 4.45. The Bertz CT molecular complexity index is 236. The van der Waals surface area contributed by atoms with Crippen LogP contribution in [0, 0.1) is 6.92 Å². The monoisotopic (exact) mass is 201 g/mol. The van der Waals surface area contributed by atoms with E-state index in [1.165, 1.54) is 0 Å². The predicted octanol–water partition coefficient (Wildman–Crippen LogP) is 1.44. The van der Waals surface area contributed by atoms with E-state index in [0.29, 0.717) is 0 Å². The molecule has 0 spiro atoms. The maximum atomic E-state index is 5.21. The van der Waals surface area contributed by atoms with Crippen LogP contribution in [0.25, 0.3) is 0 Å². The standard InChI is InChI=1S/C6H8BrN3/c1-4-5(7)2-9-3-6(4)10-8/h2-3,10H,8H2,1H3. The Morgan fingerprint density at radius 1 is 1.60 bits per heavy atom. The van der Waals surface area contributed by atoms with Gasteiger partial charge < -0.3 is 5.43 Å². The smallest absolute Gasteiger partial charge is 0.0709 e. The molecule has 0 unspecified atom stereocenters. The van der Waals surface area contributed by atoms with Crippen molar-refractivity contribution in [3.8, 4) is 0 Å². The third-order valence-electron chi connectivity index (χ3n) is 1.31. The number of hydrogen-bond donors (Lipinski definition) is 2. The number of nitrogens with two attached hydrogens (primary N) is 1. The van der Waals surface area contributed by atoms with Crippen molar-refractivity contribution in [1.29, 1.82) is 0 Å². The summed E-state index contributed by atoms with van der Waals surface area (Å²) in [5.74, 6) is 5.21. The van der Waals surface area contributed by atoms with E-state index < -0.39 is 0 Å². The van der Waals surface area contributed by atoms with Crippen LogP contribution in [0.2, 0.25) is 0 Å². The van der Waals surface area contributed by atoms with Crippen LogP contribution < -0.4 is 11.3 Å². The molecule has 0 radical (unpaired) electrons. The lowest BCUT2D eigenvalue weighted by molar-refractivity contribution is 1.21. The van der Waals surface area contributed by atoms with E-state index in [1.807, 2.05) is 6.92 Å². The second-order valence-corrected chi connectivity index (χ2v) is 2.79. The maximum Gasteiger partial charge on any atom is 0.0709 e. The predicted molar refractivity (Wildman–Crippen MR) is 44.5 cm³/mol. The Morgan fingerprint density at radius 2 is 2.30 bits per heavy atom. The van der Waals surface area contributed by atoms with Crippen molar-refractivity contribution in [2.75, 3.05) is 5.43 Å². The molecule has 1 aromatic rings. The highest BCUT2D eigenvalue weighted by Crippen LogP contribution is 2.20. The number of hydrazine groups is 1. The van der Waals surface area contributed by atoms with Crippen molar-refractivity contribution in [3.05, 3.63) is 22.4 Å². The van der Waals surface area contributed by atoms with Gasteiger partial charge in [-0.2, -0.15) is 0 Å². The minimum absolute atomic E-state index is 0.842. The van der Waals surface area contributed by atoms with Crippen LogP contribution >= 0.6 is 15.9 Å². The van der Waals surface area contributed by atoms with Gasteiger partial charge in [0.15, 0.2) is 0 Å². The van der Waals surface area contributed by atoms with E-state index in [9.17, 15) is 0 Å². The quantitative estimate of drug-likeness (QED) is 0.535. The highest BCUT2D eigenvalue weighted by atomic mass is 79.9. The van der Waals surface area contributed by atoms with Gasteiger partial charge in [-0.05, 0) is 28.4 Å². The average Bonchev–Trinajstić information content (AvgIpc) is 1.95. The summed E-state index contributed by atoms with van der Waals surface area (Å²) < 4.78 is 0.961. The molecule has 0 saturated carbocycles. The number of anilines is 1. The average molecular weight is 202 g/mol. The molecule has 3 N–H and O–H groups in total. The van der Waals surface area contributed by atoms with E-state index in [2.05, 4.69) is 26.3 Å². The lowest BCUT2D eigenvalue weighted by atomic mass is 10.3. The molecule has 0 aliphatic heterocycles. The third-order valence-corrected chi connectivity index (χ3v) is 2.11. The molecule has 0 atom stereocenters. The van der Waals surface area contributed by atoms with Crippen LogP contribution in [0.3, 0.4) is 0 Å². The fraction of sp³-hybridized carbons (Fsp3) is 0.167. The number of halogens is 1. The van der Waals surface area contributed by atoms with Crippen molar-refractivity contribution in [2.45, 2.75) is 6.92 Å². The number of aromatic nitrogens is 1. The summed E-state index contributed by atoms with van der Waals surface area (Å²) in [4.78, 5) is 3.93. The Hall–Kier alpha value is -0.610. The number of hydrogen-bond acceptors (Lipinski definition) is 3. The van der Waals surface area contributed by atoms with Gasteiger partial charge in [0.2, 0.25) is 0 Å². The minimum Gasteiger partial charge on any atom is -0.322 e. The summed E-state index contributed by atoms with van der Waals surface area (Å²) in [5, 5.41) is 0. The zero-order valence-corrected chi connectivity index (χ0v) is 7.14. The fourth-order valence-electron chi connectivity index (χ4n) is 0.645. The van der Waals surface area contributed by atoms with Gasteiger partial charge in [0.25, 0.3) is 0 Å². The van der Waals surface area contributed by atoms with Crippen LogP contribution in [0.5, 0.6) is 0 Å². The lowest BCUT2D eigenvalue weighted by Crippen LogP contribution is -2.08. The molecule has 10 heavy (non-hydrogen) atoms. The van der Waals surface area contributed by atoms with Crippen LogP contribution in [0.4, 0.5) is 5.69 Å². The molecule has 1 rings (SSSR count). The summed E-state index contributed by atoms with van der Waals surface area (Å²) >= 11 is 3.33. The molecule has 54 valence electrons. The van der Waals surface area contributed by atoms with Crippen LogP contribution in [-0.4, -0.2) is 4.98 Å². The van der Waals surface area contributed by atoms with Crippen molar-refractivity contribution >= 4 is 21.6 Å². The molecule has 0 amide bonds. The first kappa shape index (κ1) is 7.50. The van der Waals surface area contributed by atoms with Crippen LogP contribution in [0.1, 0.15) is 5.56 Å². The lowest BCUT2D eigenvalue weighted by Gasteiger charge is -2.03. The van der Waals surface area contributed by atoms with Crippen LogP contribution in [0.15, 0.2) is 16.9 Å². The van der Waals surface area contributed by atoms with Gasteiger partial charge in [-0.15, -0.1) is 0 Å². The van der Waals surface area contributed by atoms with Gasteiger partial charge in [-0.1, -0.05) is 0 Å². The van der Waals surface area contributed by atoms with Crippen molar-refractivity contribution in [1.82, 2.24) is 4.98 Å². The Kier molecular flexibility index (Phi) is 2.24. The van der Waals surface area contributed by atoms with Gasteiger partial charge in [-0.25, -0.2) is 0 Å². The summed E-state index contributed by atoms with van der Waals surface area (Å²) in [7, 11) is 0. The first-order valence-corrected chi connectivity index (χ1v) is 3.61. The van der Waals surface area contributed by atoms with Gasteiger partial charge in [-0.3, -0.25) is 10.8 Å². The molecule has 0 aliphatic carbocycles. The molecular weight excluding hydrogens is 194 g/mol. The number of rotatable bonds is 1. The zero-order valence-electron chi connectivity index (χ0n) is 5.56. The molecule has 3 nitrogen and oxygen atoms in total. The second-order valence-electron chi connectivity index (χ2n) is 1.94. The number of nitrogen functional groups attached to an aromatic ring is 1. The van der Waals surface area contributed by atoms with Gasteiger partial charge in [0.05, 0.1) is 11.9 Å². The first-order chi connectivity index (χ1) is 4.75. The van der Waals surface area contributed by atoms with E-state index >= 15 is 0 Å². The van der Waals surface area contributed by atoms with Crippen molar-refractivity contribution < 1.29 is 0 Å². The minimum atomic E-state index is 0.842. The largest absolute Gasteiger partial charge is 0.322 e. The normalized spacial score (nSPS) is 9.50. The SMILES string of the molecule is Cc1c(Br)cncc1NN. The van der Waals surface area contributed by atoms with Crippen molar-refractivity contribution in [3.63, 3.8) is 0 Å². The second kappa shape index (κ2) is 2.98. The third kappa shape index (κ3) is 1.27. The van der Waals surface area contributed by atoms with E-state index in [4.69, 9.17) is 5.84 Å². The highest BCUT2D eigenvalue weighted by molar-refractivity contribution is 9.10. The number of nitrogens with zero attached hydrogens (tertiary/aromatic N) is 1. The number of nitrogens with one attached hydrogen (secondary N) is 1. The van der Waals surface area contributed by atoms with Gasteiger partial charge in [0.1, 0.15) is 0 Å². The molecule has 0 aliphatic rings. The van der Waals surface area contributed by atoms with Crippen LogP contribution in [-0.2, 0) is 0 Å². The molecule has 0 saturated heterocycles. The van der Waals surface area contributed by atoms with Gasteiger partial charge in [0, 0.05) is 10.7 Å². The molecule has 1 aromatic heterocycles. The Balaban J connectivity index is 3.14. The highest BCUT2D eigenvalue weighted by Gasteiger charge is 1.98. The molecule has 0 aromatic carbocycles. The van der Waals surface area contributed by atoms with Gasteiger partial charge >= 0.3 is 0 Å². The fourth-order valence-corrected chi connectivity index (χ4v) is 0.977. The molecule has 4 heteroatoms. The van der Waals surface area contributed by atoms with E-state index in [-0.39, 0.29) is 0 Å². The zero-order chi connectivity index (χ0) is 7.56. The molecule has 0 fully saturated rings. The molecule has 0 bridgehead atoms. The topological polar surface area (TPSA) is 50.9 Å². The van der Waals surface area contributed by atoms with E-state index in [0.717, 1.165) is 15.7 Å². The van der Waals surface area contributed by atoms with Crippen molar-refractivity contribution in [2.24, 2.45) is 5.84 Å². The summed E-state index contributed by atoms with van der Waals surface area (Å²) in [6.07, 6.45) is 3.41. The molecule has 1 heterocycles. The number of pyridine rings is 1. The summed E-state index contributed by atoms with van der Waals surface area (Å²) in [6.45, 7) is 1.96.